The number of rotatable bonds is 5. The van der Waals surface area contributed by atoms with Crippen LogP contribution in [0.15, 0.2) is 54.6 Å². The van der Waals surface area contributed by atoms with E-state index in [1.165, 1.54) is 0 Å². The number of fused-ring (bicyclic) bond motifs is 1. The smallest absolute Gasteiger partial charge is 0.268 e. The first kappa shape index (κ1) is 19.7. The largest absolute Gasteiger partial charge is 0.347 e. The lowest BCUT2D eigenvalue weighted by Gasteiger charge is -2.17. The zero-order valence-corrected chi connectivity index (χ0v) is 16.9. The number of carbonyl (C=O) groups is 2. The molecule has 5 heteroatoms. The number of aromatic nitrogens is 1. The van der Waals surface area contributed by atoms with Crippen LogP contribution >= 0.6 is 0 Å². The predicted molar refractivity (Wildman–Crippen MR) is 113 cm³/mol. The number of amides is 2. The van der Waals surface area contributed by atoms with E-state index in [2.05, 4.69) is 10.6 Å². The second-order valence-corrected chi connectivity index (χ2v) is 8.32. The van der Waals surface area contributed by atoms with Crippen LogP contribution in [0.1, 0.15) is 43.2 Å². The maximum absolute atomic E-state index is 12.6. The molecular weight excluding hydrogens is 350 g/mol. The Morgan fingerprint density at radius 3 is 2.39 bits per heavy atom. The summed E-state index contributed by atoms with van der Waals surface area (Å²) in [6, 6.07) is 17.4. The third-order valence-corrected chi connectivity index (χ3v) is 4.55. The summed E-state index contributed by atoms with van der Waals surface area (Å²) in [5, 5.41) is 6.82. The fraction of sp³-hybridized carbons (Fsp3) is 0.304. The van der Waals surface area contributed by atoms with Gasteiger partial charge in [-0.05, 0) is 35.2 Å². The van der Waals surface area contributed by atoms with Gasteiger partial charge >= 0.3 is 0 Å². The van der Waals surface area contributed by atoms with E-state index in [1.807, 2.05) is 87.0 Å². The Morgan fingerprint density at radius 2 is 1.71 bits per heavy atom. The summed E-state index contributed by atoms with van der Waals surface area (Å²) in [5.74, 6) is -0.135. The van der Waals surface area contributed by atoms with Crippen molar-refractivity contribution >= 4 is 28.4 Å². The fourth-order valence-corrected chi connectivity index (χ4v) is 3.20. The van der Waals surface area contributed by atoms with E-state index in [9.17, 15) is 9.59 Å². The second-order valence-electron chi connectivity index (χ2n) is 8.32. The van der Waals surface area contributed by atoms with Crippen LogP contribution in [0, 0.1) is 5.41 Å². The van der Waals surface area contributed by atoms with E-state index in [0.717, 1.165) is 22.2 Å². The first-order chi connectivity index (χ1) is 13.2. The molecule has 0 unspecified atom stereocenters. The Balaban J connectivity index is 1.75. The van der Waals surface area contributed by atoms with Crippen molar-refractivity contribution in [2.45, 2.75) is 33.7 Å². The Labute approximate surface area is 165 Å². The first-order valence-corrected chi connectivity index (χ1v) is 9.44. The highest BCUT2D eigenvalue weighted by Crippen LogP contribution is 2.24. The molecule has 1 aromatic heterocycles. The predicted octanol–water partition coefficient (Wildman–Crippen LogP) is 4.48. The molecule has 2 aromatic carbocycles. The van der Waals surface area contributed by atoms with Gasteiger partial charge in [0.05, 0.1) is 0 Å². The third kappa shape index (κ3) is 4.80. The normalized spacial score (nSPS) is 11.4. The lowest BCUT2D eigenvalue weighted by molar-refractivity contribution is -0.117. The molecule has 0 aliphatic heterocycles. The van der Waals surface area contributed by atoms with E-state index in [0.29, 0.717) is 18.7 Å². The highest BCUT2D eigenvalue weighted by Gasteiger charge is 2.17. The number of aryl methyl sites for hydroxylation is 1. The van der Waals surface area contributed by atoms with E-state index in [4.69, 9.17) is 0 Å². The summed E-state index contributed by atoms with van der Waals surface area (Å²) >= 11 is 0. The molecule has 0 atom stereocenters. The Hall–Kier alpha value is -3.08. The zero-order valence-electron chi connectivity index (χ0n) is 16.9. The molecule has 3 aromatic rings. The van der Waals surface area contributed by atoms with Crippen LogP contribution in [0.4, 0.5) is 5.69 Å². The summed E-state index contributed by atoms with van der Waals surface area (Å²) < 4.78 is 1.87. The van der Waals surface area contributed by atoms with Crippen molar-refractivity contribution in [3.63, 3.8) is 0 Å². The number of nitrogens with one attached hydrogen (secondary N) is 2. The molecule has 0 radical (unpaired) electrons. The number of carbonyl (C=O) groups excluding carboxylic acids is 2. The molecule has 3 rings (SSSR count). The summed E-state index contributed by atoms with van der Waals surface area (Å²) in [7, 11) is 1.87. The summed E-state index contributed by atoms with van der Waals surface area (Å²) in [4.78, 5) is 24.8. The van der Waals surface area contributed by atoms with Crippen molar-refractivity contribution in [1.82, 2.24) is 9.88 Å². The minimum Gasteiger partial charge on any atom is -0.347 e. The minimum atomic E-state index is -0.124. The monoisotopic (exact) mass is 377 g/mol. The maximum Gasteiger partial charge on any atom is 0.268 e. The van der Waals surface area contributed by atoms with E-state index in [-0.39, 0.29) is 17.2 Å². The third-order valence-electron chi connectivity index (χ3n) is 4.55. The van der Waals surface area contributed by atoms with Gasteiger partial charge < -0.3 is 15.2 Å². The fourth-order valence-electron chi connectivity index (χ4n) is 3.20. The summed E-state index contributed by atoms with van der Waals surface area (Å²) in [6.45, 7) is 6.59. The molecule has 0 aliphatic carbocycles. The molecule has 0 fully saturated rings. The second kappa shape index (κ2) is 7.89. The topological polar surface area (TPSA) is 63.1 Å². The van der Waals surface area contributed by atoms with Crippen LogP contribution in [-0.2, 0) is 18.4 Å². The van der Waals surface area contributed by atoms with Crippen molar-refractivity contribution < 1.29 is 9.59 Å². The lowest BCUT2D eigenvalue weighted by atomic mass is 9.92. The van der Waals surface area contributed by atoms with Gasteiger partial charge in [0.25, 0.3) is 5.91 Å². The molecule has 5 nitrogen and oxygen atoms in total. The van der Waals surface area contributed by atoms with E-state index >= 15 is 0 Å². The van der Waals surface area contributed by atoms with Crippen molar-refractivity contribution in [2.75, 3.05) is 5.32 Å². The van der Waals surface area contributed by atoms with Crippen molar-refractivity contribution in [1.29, 1.82) is 0 Å². The molecule has 0 aliphatic rings. The number of hydrogen-bond donors (Lipinski definition) is 2. The van der Waals surface area contributed by atoms with Crippen LogP contribution < -0.4 is 10.6 Å². The van der Waals surface area contributed by atoms with Crippen molar-refractivity contribution in [3.8, 4) is 0 Å². The molecule has 146 valence electrons. The molecule has 2 N–H and O–H groups in total. The highest BCUT2D eigenvalue weighted by molar-refractivity contribution is 6.00. The average molecular weight is 377 g/mol. The van der Waals surface area contributed by atoms with Crippen LogP contribution in [0.25, 0.3) is 10.9 Å². The lowest BCUT2D eigenvalue weighted by Crippen LogP contribution is -2.24. The highest BCUT2D eigenvalue weighted by atomic mass is 16.2. The summed E-state index contributed by atoms with van der Waals surface area (Å²) in [6.07, 6.45) is 0.451. The molecule has 1 heterocycles. The molecule has 2 amide bonds. The number of benzene rings is 2. The Kier molecular flexibility index (Phi) is 5.54. The van der Waals surface area contributed by atoms with Crippen molar-refractivity contribution in [3.05, 3.63) is 65.9 Å². The quantitative estimate of drug-likeness (QED) is 0.688. The van der Waals surface area contributed by atoms with Crippen molar-refractivity contribution in [2.24, 2.45) is 12.5 Å². The van der Waals surface area contributed by atoms with Crippen LogP contribution in [0.2, 0.25) is 0 Å². The van der Waals surface area contributed by atoms with E-state index < -0.39 is 0 Å². The summed E-state index contributed by atoms with van der Waals surface area (Å²) in [5.41, 5.74) is 3.26. The molecule has 28 heavy (non-hydrogen) atoms. The first-order valence-electron chi connectivity index (χ1n) is 9.44. The molecule has 0 spiro atoms. The van der Waals surface area contributed by atoms with E-state index in [1.54, 1.807) is 0 Å². The molecule has 0 saturated heterocycles. The van der Waals surface area contributed by atoms with Gasteiger partial charge in [-0.25, -0.2) is 0 Å². The van der Waals surface area contributed by atoms with Gasteiger partial charge in [-0.2, -0.15) is 0 Å². The SMILES string of the molecule is Cn1c(C(=O)NCc2ccccc2)cc2cc(NC(=O)CC(C)(C)C)ccc21. The Bertz CT molecular complexity index is 998. The number of hydrogen-bond acceptors (Lipinski definition) is 2. The molecule has 0 saturated carbocycles. The average Bonchev–Trinajstić information content (AvgIpc) is 2.95. The Morgan fingerprint density at radius 1 is 1.00 bits per heavy atom. The van der Waals surface area contributed by atoms with Gasteiger partial charge in [0.2, 0.25) is 5.91 Å². The molecular formula is C23H27N3O2. The van der Waals surface area contributed by atoms with Gasteiger partial charge in [-0.15, -0.1) is 0 Å². The van der Waals surface area contributed by atoms with Gasteiger partial charge in [0.15, 0.2) is 0 Å². The molecule has 0 bridgehead atoms. The van der Waals surface area contributed by atoms with Gasteiger partial charge in [-0.3, -0.25) is 9.59 Å². The number of anilines is 1. The van der Waals surface area contributed by atoms with Crippen LogP contribution in [0.3, 0.4) is 0 Å². The zero-order chi connectivity index (χ0) is 20.3. The van der Waals surface area contributed by atoms with Crippen LogP contribution in [0.5, 0.6) is 0 Å². The maximum atomic E-state index is 12.6. The van der Waals surface area contributed by atoms with Crippen LogP contribution in [-0.4, -0.2) is 16.4 Å². The van der Waals surface area contributed by atoms with Gasteiger partial charge in [-0.1, -0.05) is 51.1 Å². The number of nitrogens with zero attached hydrogens (tertiary/aromatic N) is 1. The minimum absolute atomic E-state index is 0.0105. The van der Waals surface area contributed by atoms with Gasteiger partial charge in [0.1, 0.15) is 5.69 Å². The van der Waals surface area contributed by atoms with Gasteiger partial charge in [0, 0.05) is 36.6 Å². The standard InChI is InChI=1S/C23H27N3O2/c1-23(2,3)14-21(27)25-18-10-11-19-17(12-18)13-20(26(19)4)22(28)24-15-16-8-6-5-7-9-16/h5-13H,14-15H2,1-4H3,(H,24,28)(H,25,27).